The highest BCUT2D eigenvalue weighted by molar-refractivity contribution is 7.99. The first kappa shape index (κ1) is 16.3. The van der Waals surface area contributed by atoms with E-state index in [2.05, 4.69) is 20.5 Å². The number of anilines is 1. The maximum absolute atomic E-state index is 12.2. The van der Waals surface area contributed by atoms with Gasteiger partial charge in [0.1, 0.15) is 0 Å². The Morgan fingerprint density at radius 3 is 2.75 bits per heavy atom. The lowest BCUT2D eigenvalue weighted by atomic mass is 10.2. The second kappa shape index (κ2) is 6.48. The number of fused-ring (bicyclic) bond motifs is 1. The number of carbonyl (C=O) groups is 1. The van der Waals surface area contributed by atoms with E-state index < -0.39 is 0 Å². The van der Waals surface area contributed by atoms with Crippen LogP contribution < -0.4 is 10.9 Å². The first-order valence-electron chi connectivity index (χ1n) is 7.40. The highest BCUT2D eigenvalue weighted by Gasteiger charge is 2.14. The largest absolute Gasteiger partial charge is 0.325 e. The van der Waals surface area contributed by atoms with Crippen molar-refractivity contribution >= 4 is 29.1 Å². The molecule has 24 heavy (non-hydrogen) atoms. The number of rotatable bonds is 4. The number of carbonyl (C=O) groups excluding carboxylic acids is 1. The van der Waals surface area contributed by atoms with Crippen LogP contribution >= 0.6 is 11.8 Å². The molecule has 0 unspecified atom stereocenters. The average Bonchev–Trinajstić information content (AvgIpc) is 2.96. The standard InChI is InChI=1S/C16H17N5O2S/c1-9-6-4-5-7-12(9)17-13(22)8-24-16-20-19-15-18-14(23)10(2)11(3)21(15)16/h4-7H,8H2,1-3H3,(H,17,22)(H,18,19,23). The number of amides is 1. The number of benzene rings is 1. The van der Waals surface area contributed by atoms with Gasteiger partial charge in [0.05, 0.1) is 5.75 Å². The topological polar surface area (TPSA) is 92.2 Å². The maximum atomic E-state index is 12.2. The molecule has 124 valence electrons. The minimum Gasteiger partial charge on any atom is -0.325 e. The van der Waals surface area contributed by atoms with Gasteiger partial charge in [0.25, 0.3) is 5.56 Å². The summed E-state index contributed by atoms with van der Waals surface area (Å²) in [5.74, 6) is 0.460. The summed E-state index contributed by atoms with van der Waals surface area (Å²) < 4.78 is 1.75. The minimum absolute atomic E-state index is 0.121. The molecule has 2 heterocycles. The van der Waals surface area contributed by atoms with Crippen LogP contribution in [0.25, 0.3) is 5.78 Å². The number of aromatic amines is 1. The smallest absolute Gasteiger partial charge is 0.255 e. The number of aryl methyl sites for hydroxylation is 2. The Bertz CT molecular complexity index is 976. The van der Waals surface area contributed by atoms with Crippen LogP contribution in [-0.2, 0) is 4.79 Å². The van der Waals surface area contributed by atoms with Crippen molar-refractivity contribution in [2.45, 2.75) is 25.9 Å². The third-order valence-electron chi connectivity index (χ3n) is 3.83. The SMILES string of the molecule is Cc1ccccc1NC(=O)CSc1nnc2[nH]c(=O)c(C)c(C)n12. The summed E-state index contributed by atoms with van der Waals surface area (Å²) in [7, 11) is 0. The molecule has 3 rings (SSSR count). The first-order valence-corrected chi connectivity index (χ1v) is 8.39. The fourth-order valence-electron chi connectivity index (χ4n) is 2.30. The normalized spacial score (nSPS) is 11.0. The van der Waals surface area contributed by atoms with E-state index in [1.165, 1.54) is 11.8 Å². The average molecular weight is 343 g/mol. The van der Waals surface area contributed by atoms with Gasteiger partial charge < -0.3 is 5.32 Å². The van der Waals surface area contributed by atoms with Crippen molar-refractivity contribution in [1.29, 1.82) is 0 Å². The van der Waals surface area contributed by atoms with Gasteiger partial charge in [-0.2, -0.15) is 0 Å². The van der Waals surface area contributed by atoms with Gasteiger partial charge in [-0.3, -0.25) is 19.0 Å². The number of nitrogens with zero attached hydrogens (tertiary/aromatic N) is 3. The summed E-state index contributed by atoms with van der Waals surface area (Å²) in [6.07, 6.45) is 0. The van der Waals surface area contributed by atoms with Gasteiger partial charge in [0.2, 0.25) is 11.7 Å². The minimum atomic E-state index is -0.179. The van der Waals surface area contributed by atoms with Crippen LogP contribution in [0.4, 0.5) is 5.69 Å². The number of hydrogen-bond acceptors (Lipinski definition) is 5. The van der Waals surface area contributed by atoms with Crippen molar-refractivity contribution in [2.24, 2.45) is 0 Å². The summed E-state index contributed by atoms with van der Waals surface area (Å²) in [5.41, 5.74) is 2.99. The number of nitrogens with one attached hydrogen (secondary N) is 2. The zero-order valence-corrected chi connectivity index (χ0v) is 14.4. The van der Waals surface area contributed by atoms with Crippen molar-refractivity contribution in [3.63, 3.8) is 0 Å². The predicted octanol–water partition coefficient (Wildman–Crippen LogP) is 2.07. The van der Waals surface area contributed by atoms with Gasteiger partial charge in [-0.25, -0.2) is 0 Å². The maximum Gasteiger partial charge on any atom is 0.255 e. The predicted molar refractivity (Wildman–Crippen MR) is 93.6 cm³/mol. The van der Waals surface area contributed by atoms with E-state index in [1.807, 2.05) is 38.1 Å². The molecule has 0 saturated heterocycles. The monoisotopic (exact) mass is 343 g/mol. The Balaban J connectivity index is 1.77. The molecule has 7 nitrogen and oxygen atoms in total. The van der Waals surface area contributed by atoms with Gasteiger partial charge in [0, 0.05) is 16.9 Å². The van der Waals surface area contributed by atoms with Crippen molar-refractivity contribution in [1.82, 2.24) is 19.6 Å². The Hall–Kier alpha value is -2.61. The number of para-hydroxylation sites is 1. The number of thioether (sulfide) groups is 1. The Morgan fingerprint density at radius 1 is 1.25 bits per heavy atom. The summed E-state index contributed by atoms with van der Waals surface area (Å²) in [6.45, 7) is 5.52. The molecule has 0 bridgehead atoms. The third kappa shape index (κ3) is 3.05. The fraction of sp³-hybridized carbons (Fsp3) is 0.250. The van der Waals surface area contributed by atoms with Crippen LogP contribution in [0.3, 0.4) is 0 Å². The van der Waals surface area contributed by atoms with Crippen molar-refractivity contribution in [3.8, 4) is 0 Å². The molecular formula is C16H17N5O2S. The van der Waals surface area contributed by atoms with Crippen molar-refractivity contribution in [2.75, 3.05) is 11.1 Å². The van der Waals surface area contributed by atoms with Gasteiger partial charge in [0.15, 0.2) is 5.16 Å². The molecule has 0 atom stereocenters. The lowest BCUT2D eigenvalue weighted by Crippen LogP contribution is -2.16. The Labute approximate surface area is 142 Å². The lowest BCUT2D eigenvalue weighted by molar-refractivity contribution is -0.113. The molecule has 2 aromatic heterocycles. The summed E-state index contributed by atoms with van der Waals surface area (Å²) in [5, 5.41) is 11.5. The van der Waals surface area contributed by atoms with E-state index in [9.17, 15) is 9.59 Å². The number of aromatic nitrogens is 4. The highest BCUT2D eigenvalue weighted by atomic mass is 32.2. The molecule has 0 spiro atoms. The molecule has 8 heteroatoms. The van der Waals surface area contributed by atoms with E-state index in [4.69, 9.17) is 0 Å². The van der Waals surface area contributed by atoms with Crippen LogP contribution in [0.2, 0.25) is 0 Å². The Kier molecular flexibility index (Phi) is 4.39. The van der Waals surface area contributed by atoms with Gasteiger partial charge in [-0.15, -0.1) is 10.2 Å². The molecule has 1 amide bonds. The van der Waals surface area contributed by atoms with Crippen LogP contribution in [0.15, 0.2) is 34.2 Å². The molecule has 0 radical (unpaired) electrons. The van der Waals surface area contributed by atoms with Gasteiger partial charge >= 0.3 is 0 Å². The molecule has 1 aromatic carbocycles. The molecule has 0 fully saturated rings. The zero-order chi connectivity index (χ0) is 17.3. The first-order chi connectivity index (χ1) is 11.5. The van der Waals surface area contributed by atoms with Crippen LogP contribution in [0, 0.1) is 20.8 Å². The lowest BCUT2D eigenvalue weighted by Gasteiger charge is -2.08. The van der Waals surface area contributed by atoms with Crippen LogP contribution in [0.1, 0.15) is 16.8 Å². The molecule has 0 saturated carbocycles. The van der Waals surface area contributed by atoms with Crippen molar-refractivity contribution in [3.05, 3.63) is 51.4 Å². The van der Waals surface area contributed by atoms with E-state index in [0.29, 0.717) is 16.5 Å². The molecule has 2 N–H and O–H groups in total. The second-order valence-corrected chi connectivity index (χ2v) is 6.40. The molecule has 0 aliphatic rings. The highest BCUT2D eigenvalue weighted by Crippen LogP contribution is 2.19. The summed E-state index contributed by atoms with van der Waals surface area (Å²) >= 11 is 1.27. The third-order valence-corrected chi connectivity index (χ3v) is 4.76. The second-order valence-electron chi connectivity index (χ2n) is 5.46. The van der Waals surface area contributed by atoms with Gasteiger partial charge in [-0.05, 0) is 32.4 Å². The summed E-state index contributed by atoms with van der Waals surface area (Å²) in [6, 6.07) is 7.61. The van der Waals surface area contributed by atoms with Crippen molar-refractivity contribution < 1.29 is 4.79 Å². The molecular weight excluding hydrogens is 326 g/mol. The zero-order valence-electron chi connectivity index (χ0n) is 13.6. The van der Waals surface area contributed by atoms with E-state index in [1.54, 1.807) is 11.3 Å². The number of H-pyrrole nitrogens is 1. The fourth-order valence-corrected chi connectivity index (χ4v) is 3.09. The van der Waals surface area contributed by atoms with Crippen LogP contribution in [-0.4, -0.2) is 31.2 Å². The van der Waals surface area contributed by atoms with E-state index in [-0.39, 0.29) is 17.2 Å². The summed E-state index contributed by atoms with van der Waals surface area (Å²) in [4.78, 5) is 26.6. The molecule has 3 aromatic rings. The molecule has 0 aliphatic carbocycles. The Morgan fingerprint density at radius 2 is 2.00 bits per heavy atom. The quantitative estimate of drug-likeness (QED) is 0.708. The van der Waals surface area contributed by atoms with E-state index in [0.717, 1.165) is 16.9 Å². The van der Waals surface area contributed by atoms with Crippen LogP contribution in [0.5, 0.6) is 0 Å². The van der Waals surface area contributed by atoms with E-state index >= 15 is 0 Å². The molecule has 0 aliphatic heterocycles. The van der Waals surface area contributed by atoms with Gasteiger partial charge in [-0.1, -0.05) is 30.0 Å². The number of hydrogen-bond donors (Lipinski definition) is 2.